The van der Waals surface area contributed by atoms with Crippen LogP contribution in [-0.4, -0.2) is 111 Å². The number of carbonyl (C=O) groups excluding carboxylic acids is 1. The number of esters is 1. The molecule has 0 bridgehead atoms. The van der Waals surface area contributed by atoms with Gasteiger partial charge in [0.15, 0.2) is 29.3 Å². The van der Waals surface area contributed by atoms with Gasteiger partial charge in [0.1, 0.15) is 12.2 Å². The van der Waals surface area contributed by atoms with Crippen LogP contribution in [-0.2, 0) is 14.3 Å². The highest BCUT2D eigenvalue weighted by molar-refractivity contribution is 5.84. The molecule has 4 aromatic rings. The summed E-state index contributed by atoms with van der Waals surface area (Å²) in [6.07, 6.45) is -9.49. The van der Waals surface area contributed by atoms with E-state index < -0.39 is 43.3 Å². The lowest BCUT2D eigenvalue weighted by atomic mass is 9.91. The van der Waals surface area contributed by atoms with Gasteiger partial charge in [-0.3, -0.25) is 4.57 Å². The maximum absolute atomic E-state index is 13.2. The highest BCUT2D eigenvalue weighted by Crippen LogP contribution is 2.37. The van der Waals surface area contributed by atoms with Crippen molar-refractivity contribution in [1.29, 1.82) is 0 Å². The van der Waals surface area contributed by atoms with Gasteiger partial charge in [-0.05, 0) is 31.6 Å². The third kappa shape index (κ3) is 6.74. The van der Waals surface area contributed by atoms with Crippen LogP contribution in [0.1, 0.15) is 29.7 Å². The number of likely N-dealkylation sites (N-methyl/N-ethyl adjacent to an activating group) is 1. The Hall–Kier alpha value is -4.31. The van der Waals surface area contributed by atoms with Gasteiger partial charge in [-0.2, -0.15) is 23.1 Å². The number of anilines is 2. The fourth-order valence-electron chi connectivity index (χ4n) is 6.11. The van der Waals surface area contributed by atoms with Gasteiger partial charge >= 0.3 is 12.1 Å². The minimum Gasteiger partial charge on any atom is -0.448 e. The minimum atomic E-state index is -5.31. The molecule has 2 aliphatic rings. The summed E-state index contributed by atoms with van der Waals surface area (Å²) in [4.78, 5) is 30.1. The predicted octanol–water partition coefficient (Wildman–Crippen LogP) is 2.94. The van der Waals surface area contributed by atoms with Crippen LogP contribution in [0.15, 0.2) is 67.0 Å². The number of aromatic nitrogens is 4. The second kappa shape index (κ2) is 13.4. The Bertz CT molecular complexity index is 1630. The molecule has 0 radical (unpaired) electrons. The molecular weight excluding hydrogens is 619 g/mol. The molecule has 6 rings (SSSR count). The number of aliphatic hydroxyl groups excluding tert-OH is 2. The number of benzene rings is 2. The van der Waals surface area contributed by atoms with E-state index in [4.69, 9.17) is 19.4 Å². The van der Waals surface area contributed by atoms with Crippen molar-refractivity contribution < 1.29 is 37.7 Å². The quantitative estimate of drug-likeness (QED) is 0.218. The Morgan fingerprint density at radius 3 is 2.34 bits per heavy atom. The molecular formula is C32H36F3N7O5. The number of hydrogen-bond donors (Lipinski definition) is 3. The molecule has 5 atom stereocenters. The summed E-state index contributed by atoms with van der Waals surface area (Å²) in [6.45, 7) is 0.997. The van der Waals surface area contributed by atoms with Crippen molar-refractivity contribution in [3.8, 4) is 0 Å². The summed E-state index contributed by atoms with van der Waals surface area (Å²) in [5.41, 5.74) is 2.63. The predicted molar refractivity (Wildman–Crippen MR) is 166 cm³/mol. The largest absolute Gasteiger partial charge is 0.490 e. The fourth-order valence-corrected chi connectivity index (χ4v) is 6.11. The highest BCUT2D eigenvalue weighted by Gasteiger charge is 2.51. The van der Waals surface area contributed by atoms with Crippen molar-refractivity contribution in [3.05, 3.63) is 78.1 Å². The standard InChI is InChI=1S/C32H36F3N7O5/c1-40(2)21-13-14-41(16-21)31-38-27(36-15-22(19-9-5-3-6-10-19)20-11-7-4-8-12-20)24-28(39-31)42(18-37-24)29-26(25(44)23(17-43)46-29)47-30(45)32(33,34)35/h3-12,18,21-23,25-26,29,43-44H,13-17H2,1-2H3,(H,36,38,39)/t21?,23-,25-,26-,29-/m1/s1. The summed E-state index contributed by atoms with van der Waals surface area (Å²) in [6, 6.07) is 20.2. The normalized spacial score (nSPS) is 23.3. The number of nitrogens with one attached hydrogen (secondary N) is 1. The number of aliphatic hydroxyl groups is 2. The van der Waals surface area contributed by atoms with Crippen molar-refractivity contribution in [2.75, 3.05) is 50.6 Å². The van der Waals surface area contributed by atoms with E-state index in [1.807, 2.05) is 79.7 Å². The zero-order chi connectivity index (χ0) is 33.3. The fraction of sp³-hybridized carbons (Fsp3) is 0.438. The van der Waals surface area contributed by atoms with Gasteiger partial charge < -0.3 is 34.8 Å². The first kappa shape index (κ1) is 32.6. The lowest BCUT2D eigenvalue weighted by molar-refractivity contribution is -0.211. The summed E-state index contributed by atoms with van der Waals surface area (Å²) in [7, 11) is 3.99. The smallest absolute Gasteiger partial charge is 0.448 e. The first-order chi connectivity index (χ1) is 22.5. The van der Waals surface area contributed by atoms with Crippen molar-refractivity contribution in [2.45, 2.75) is 49.1 Å². The number of nitrogens with zero attached hydrogens (tertiary/aromatic N) is 6. The van der Waals surface area contributed by atoms with E-state index >= 15 is 0 Å². The van der Waals surface area contributed by atoms with Gasteiger partial charge in [-0.15, -0.1) is 0 Å². The molecule has 0 spiro atoms. The zero-order valence-corrected chi connectivity index (χ0v) is 25.8. The van der Waals surface area contributed by atoms with E-state index in [0.29, 0.717) is 36.9 Å². The summed E-state index contributed by atoms with van der Waals surface area (Å²) < 4.78 is 51.3. The van der Waals surface area contributed by atoms with Crippen LogP contribution in [0, 0.1) is 0 Å². The van der Waals surface area contributed by atoms with Crippen LogP contribution < -0.4 is 10.2 Å². The molecule has 15 heteroatoms. The molecule has 2 saturated heterocycles. The van der Waals surface area contributed by atoms with Gasteiger partial charge in [0.2, 0.25) is 5.95 Å². The second-order valence-corrected chi connectivity index (χ2v) is 11.9. The molecule has 2 aromatic carbocycles. The maximum atomic E-state index is 13.2. The van der Waals surface area contributed by atoms with E-state index in [1.54, 1.807) is 0 Å². The molecule has 1 unspecified atom stereocenters. The van der Waals surface area contributed by atoms with E-state index in [1.165, 1.54) is 10.9 Å². The molecule has 2 aliphatic heterocycles. The van der Waals surface area contributed by atoms with E-state index in [2.05, 4.69) is 15.2 Å². The molecule has 2 aromatic heterocycles. The lowest BCUT2D eigenvalue weighted by Gasteiger charge is -2.24. The van der Waals surface area contributed by atoms with Crippen LogP contribution in [0.2, 0.25) is 0 Å². The molecule has 12 nitrogen and oxygen atoms in total. The van der Waals surface area contributed by atoms with Crippen molar-refractivity contribution >= 4 is 28.9 Å². The summed E-state index contributed by atoms with van der Waals surface area (Å²) >= 11 is 0. The van der Waals surface area contributed by atoms with E-state index in [9.17, 15) is 28.2 Å². The maximum Gasteiger partial charge on any atom is 0.490 e. The first-order valence-corrected chi connectivity index (χ1v) is 15.3. The molecule has 0 amide bonds. The average molecular weight is 656 g/mol. The Morgan fingerprint density at radius 2 is 1.77 bits per heavy atom. The van der Waals surface area contributed by atoms with Crippen molar-refractivity contribution in [3.63, 3.8) is 0 Å². The number of hydrogen-bond acceptors (Lipinski definition) is 11. The number of fused-ring (bicyclic) bond motifs is 1. The first-order valence-electron chi connectivity index (χ1n) is 15.3. The number of alkyl halides is 3. The topological polar surface area (TPSA) is 138 Å². The Labute approximate surface area is 268 Å². The molecule has 47 heavy (non-hydrogen) atoms. The molecule has 0 aliphatic carbocycles. The third-order valence-corrected chi connectivity index (χ3v) is 8.71. The van der Waals surface area contributed by atoms with Gasteiger partial charge in [0.25, 0.3) is 0 Å². The summed E-state index contributed by atoms with van der Waals surface area (Å²) in [5, 5.41) is 23.9. The highest BCUT2D eigenvalue weighted by atomic mass is 19.4. The van der Waals surface area contributed by atoms with Crippen LogP contribution in [0.4, 0.5) is 24.9 Å². The summed E-state index contributed by atoms with van der Waals surface area (Å²) in [5.74, 6) is -1.81. The van der Waals surface area contributed by atoms with Crippen LogP contribution in [0.5, 0.6) is 0 Å². The lowest BCUT2D eigenvalue weighted by Crippen LogP contribution is -2.40. The Morgan fingerprint density at radius 1 is 1.11 bits per heavy atom. The van der Waals surface area contributed by atoms with Crippen molar-refractivity contribution in [2.24, 2.45) is 0 Å². The Kier molecular flexibility index (Phi) is 9.32. The Balaban J connectivity index is 1.40. The zero-order valence-electron chi connectivity index (χ0n) is 25.8. The van der Waals surface area contributed by atoms with Crippen LogP contribution in [0.25, 0.3) is 11.2 Å². The minimum absolute atomic E-state index is 0.0670. The molecule has 2 fully saturated rings. The van der Waals surface area contributed by atoms with Gasteiger partial charge in [0.05, 0.1) is 12.9 Å². The van der Waals surface area contributed by atoms with Crippen LogP contribution in [0.3, 0.4) is 0 Å². The molecule has 0 saturated carbocycles. The number of halogens is 3. The SMILES string of the molecule is CN(C)C1CCN(c2nc(NCC(c3ccccc3)c3ccccc3)c3ncn([C@@H]4O[C@H](CO)[C@@H](O)[C@H]4OC(=O)C(F)(F)F)c3n2)C1. The average Bonchev–Trinajstić information content (AvgIpc) is 3.80. The van der Waals surface area contributed by atoms with Gasteiger partial charge in [-0.25, -0.2) is 9.78 Å². The van der Waals surface area contributed by atoms with E-state index in [-0.39, 0.29) is 17.6 Å². The van der Waals surface area contributed by atoms with Crippen molar-refractivity contribution in [1.82, 2.24) is 24.4 Å². The molecule has 250 valence electrons. The van der Waals surface area contributed by atoms with Gasteiger partial charge in [-0.1, -0.05) is 60.7 Å². The van der Waals surface area contributed by atoms with Crippen LogP contribution >= 0.6 is 0 Å². The number of rotatable bonds is 10. The number of ether oxygens (including phenoxy) is 2. The van der Waals surface area contributed by atoms with E-state index in [0.717, 1.165) is 17.5 Å². The number of imidazole rings is 1. The number of carbonyl (C=O) groups is 1. The molecule has 3 N–H and O–H groups in total. The monoisotopic (exact) mass is 655 g/mol. The third-order valence-electron chi connectivity index (χ3n) is 8.71. The van der Waals surface area contributed by atoms with Gasteiger partial charge in [0, 0.05) is 31.6 Å². The molecule has 4 heterocycles. The second-order valence-electron chi connectivity index (χ2n) is 11.9.